The molecule has 2 rings (SSSR count). The molecule has 2 amide bonds. The molecule has 138 valence electrons. The molecule has 0 saturated carbocycles. The third kappa shape index (κ3) is 5.42. The van der Waals surface area contributed by atoms with Crippen LogP contribution in [0.3, 0.4) is 0 Å². The molecule has 0 aliphatic carbocycles. The Morgan fingerprint density at radius 2 is 1.85 bits per heavy atom. The van der Waals surface area contributed by atoms with Crippen LogP contribution in [0.25, 0.3) is 0 Å². The summed E-state index contributed by atoms with van der Waals surface area (Å²) in [4.78, 5) is 37.6. The summed E-state index contributed by atoms with van der Waals surface area (Å²) in [5.41, 5.74) is 2.21. The molecular weight excluding hydrogens is 352 g/mol. The number of para-hydroxylation sites is 1. The third-order valence-electron chi connectivity index (χ3n) is 3.71. The molecule has 1 aromatic carbocycles. The molecule has 26 heavy (non-hydrogen) atoms. The number of nitrogens with one attached hydrogen (secondary N) is 2. The molecule has 0 bridgehead atoms. The monoisotopic (exact) mass is 374 g/mol. The number of amides is 2. The molecule has 2 N–H and O–H groups in total. The molecule has 0 saturated heterocycles. The Morgan fingerprint density at radius 1 is 1.12 bits per heavy atom. The van der Waals surface area contributed by atoms with Crippen molar-refractivity contribution < 1.29 is 19.1 Å². The van der Waals surface area contributed by atoms with Crippen molar-refractivity contribution in [3.8, 4) is 0 Å². The van der Waals surface area contributed by atoms with Crippen molar-refractivity contribution in [3.63, 3.8) is 0 Å². The number of carbonyl (C=O) groups is 3. The van der Waals surface area contributed by atoms with Crippen LogP contribution in [0.2, 0.25) is 0 Å². The number of rotatable bonds is 7. The van der Waals surface area contributed by atoms with Gasteiger partial charge in [0, 0.05) is 15.4 Å². The van der Waals surface area contributed by atoms with Crippen molar-refractivity contribution in [1.82, 2.24) is 5.32 Å². The zero-order valence-corrected chi connectivity index (χ0v) is 15.9. The van der Waals surface area contributed by atoms with E-state index in [-0.39, 0.29) is 12.5 Å². The summed E-state index contributed by atoms with van der Waals surface area (Å²) in [5, 5.41) is 5.20. The molecule has 0 aliphatic heterocycles. The number of hydrogen-bond acceptors (Lipinski definition) is 5. The van der Waals surface area contributed by atoms with Gasteiger partial charge in [-0.2, -0.15) is 0 Å². The van der Waals surface area contributed by atoms with Crippen LogP contribution in [0.1, 0.15) is 32.6 Å². The Hall–Kier alpha value is -2.67. The molecule has 1 heterocycles. The SMILES string of the molecule is CCc1ccccc1NC(=O)CNC(=O)COC(=O)c1cc(C)sc1C. The molecule has 0 aliphatic rings. The second-order valence-corrected chi connectivity index (χ2v) is 7.20. The van der Waals surface area contributed by atoms with Gasteiger partial charge in [0.2, 0.25) is 5.91 Å². The maximum Gasteiger partial charge on any atom is 0.339 e. The molecular formula is C19H22N2O4S. The normalized spacial score (nSPS) is 10.3. The maximum absolute atomic E-state index is 12.0. The maximum atomic E-state index is 12.0. The first kappa shape index (κ1) is 19.7. The minimum absolute atomic E-state index is 0.189. The van der Waals surface area contributed by atoms with Crippen LogP contribution < -0.4 is 10.6 Å². The lowest BCUT2D eigenvalue weighted by molar-refractivity contribution is -0.126. The van der Waals surface area contributed by atoms with Crippen molar-refractivity contribution in [2.24, 2.45) is 0 Å². The lowest BCUT2D eigenvalue weighted by atomic mass is 10.1. The highest BCUT2D eigenvalue weighted by Crippen LogP contribution is 2.21. The van der Waals surface area contributed by atoms with Gasteiger partial charge in [-0.1, -0.05) is 25.1 Å². The van der Waals surface area contributed by atoms with Crippen LogP contribution in [0.4, 0.5) is 5.69 Å². The van der Waals surface area contributed by atoms with E-state index in [0.29, 0.717) is 5.56 Å². The largest absolute Gasteiger partial charge is 0.452 e. The van der Waals surface area contributed by atoms with E-state index in [1.54, 1.807) is 6.07 Å². The van der Waals surface area contributed by atoms with Crippen molar-refractivity contribution in [1.29, 1.82) is 0 Å². The van der Waals surface area contributed by atoms with Gasteiger partial charge in [-0.05, 0) is 38.0 Å². The van der Waals surface area contributed by atoms with Crippen LogP contribution >= 0.6 is 11.3 Å². The predicted molar refractivity (Wildman–Crippen MR) is 102 cm³/mol. The predicted octanol–water partition coefficient (Wildman–Crippen LogP) is 2.84. The Labute approximate surface area is 156 Å². The van der Waals surface area contributed by atoms with Crippen molar-refractivity contribution in [2.45, 2.75) is 27.2 Å². The molecule has 0 unspecified atom stereocenters. The van der Waals surface area contributed by atoms with Gasteiger partial charge in [-0.3, -0.25) is 9.59 Å². The highest BCUT2D eigenvalue weighted by Gasteiger charge is 2.15. The van der Waals surface area contributed by atoms with Crippen LogP contribution in [0, 0.1) is 13.8 Å². The van der Waals surface area contributed by atoms with Crippen molar-refractivity contribution in [3.05, 3.63) is 51.2 Å². The molecule has 0 radical (unpaired) electrons. The second kappa shape index (κ2) is 9.15. The summed E-state index contributed by atoms with van der Waals surface area (Å²) >= 11 is 1.50. The number of thiophene rings is 1. The Kier molecular flexibility index (Phi) is 6.91. The lowest BCUT2D eigenvalue weighted by Crippen LogP contribution is -2.35. The number of carbonyl (C=O) groups excluding carboxylic acids is 3. The van der Waals surface area contributed by atoms with Crippen molar-refractivity contribution in [2.75, 3.05) is 18.5 Å². The van der Waals surface area contributed by atoms with Gasteiger partial charge in [-0.15, -0.1) is 11.3 Å². The molecule has 6 nitrogen and oxygen atoms in total. The van der Waals surface area contributed by atoms with Gasteiger partial charge in [0.05, 0.1) is 12.1 Å². The van der Waals surface area contributed by atoms with E-state index in [1.807, 2.05) is 45.0 Å². The van der Waals surface area contributed by atoms with Gasteiger partial charge in [0.25, 0.3) is 5.91 Å². The summed E-state index contributed by atoms with van der Waals surface area (Å²) in [7, 11) is 0. The number of aryl methyl sites for hydroxylation is 3. The topological polar surface area (TPSA) is 84.5 Å². The Balaban J connectivity index is 1.77. The van der Waals surface area contributed by atoms with Gasteiger partial charge < -0.3 is 15.4 Å². The fraction of sp³-hybridized carbons (Fsp3) is 0.316. The number of hydrogen-bond donors (Lipinski definition) is 2. The highest BCUT2D eigenvalue weighted by atomic mass is 32.1. The summed E-state index contributed by atoms with van der Waals surface area (Å²) in [6.45, 7) is 5.11. The Morgan fingerprint density at radius 3 is 2.50 bits per heavy atom. The van der Waals surface area contributed by atoms with E-state index in [0.717, 1.165) is 27.4 Å². The number of ether oxygens (including phenoxy) is 1. The van der Waals surface area contributed by atoms with E-state index < -0.39 is 18.5 Å². The summed E-state index contributed by atoms with van der Waals surface area (Å²) < 4.78 is 5.00. The molecule has 1 aromatic heterocycles. The summed E-state index contributed by atoms with van der Waals surface area (Å²) in [6.07, 6.45) is 0.792. The van der Waals surface area contributed by atoms with Crippen LogP contribution in [-0.2, 0) is 20.7 Å². The zero-order valence-electron chi connectivity index (χ0n) is 15.0. The molecule has 2 aromatic rings. The molecule has 7 heteroatoms. The van der Waals surface area contributed by atoms with Gasteiger partial charge in [0.15, 0.2) is 6.61 Å². The summed E-state index contributed by atoms with van der Waals surface area (Å²) in [6, 6.07) is 9.22. The van der Waals surface area contributed by atoms with Gasteiger partial charge in [-0.25, -0.2) is 4.79 Å². The average molecular weight is 374 g/mol. The van der Waals surface area contributed by atoms with E-state index in [2.05, 4.69) is 10.6 Å². The highest BCUT2D eigenvalue weighted by molar-refractivity contribution is 7.12. The van der Waals surface area contributed by atoms with Crippen LogP contribution in [-0.4, -0.2) is 30.9 Å². The fourth-order valence-corrected chi connectivity index (χ4v) is 3.33. The van der Waals surface area contributed by atoms with Crippen LogP contribution in [0.15, 0.2) is 30.3 Å². The third-order valence-corrected chi connectivity index (χ3v) is 4.68. The zero-order chi connectivity index (χ0) is 19.1. The molecule has 0 atom stereocenters. The van der Waals surface area contributed by atoms with E-state index in [1.165, 1.54) is 11.3 Å². The average Bonchev–Trinajstić information content (AvgIpc) is 2.96. The minimum Gasteiger partial charge on any atom is -0.452 e. The van der Waals surface area contributed by atoms with Gasteiger partial charge in [0.1, 0.15) is 0 Å². The van der Waals surface area contributed by atoms with Crippen LogP contribution in [0.5, 0.6) is 0 Å². The molecule has 0 spiro atoms. The van der Waals surface area contributed by atoms with E-state index >= 15 is 0 Å². The first-order valence-corrected chi connectivity index (χ1v) is 9.11. The molecule has 0 fully saturated rings. The van der Waals surface area contributed by atoms with Gasteiger partial charge >= 0.3 is 5.97 Å². The number of esters is 1. The smallest absolute Gasteiger partial charge is 0.339 e. The van der Waals surface area contributed by atoms with E-state index in [4.69, 9.17) is 4.74 Å². The Bertz CT molecular complexity index is 814. The number of benzene rings is 1. The summed E-state index contributed by atoms with van der Waals surface area (Å²) in [5.74, 6) is -1.40. The minimum atomic E-state index is -0.539. The quantitative estimate of drug-likeness (QED) is 0.730. The first-order chi connectivity index (χ1) is 12.4. The first-order valence-electron chi connectivity index (χ1n) is 8.29. The van der Waals surface area contributed by atoms with E-state index in [9.17, 15) is 14.4 Å². The van der Waals surface area contributed by atoms with Crippen molar-refractivity contribution >= 4 is 34.8 Å². The second-order valence-electron chi connectivity index (χ2n) is 5.74. The number of anilines is 1. The standard InChI is InChI=1S/C19H22N2O4S/c1-4-14-7-5-6-8-16(14)21-17(22)10-20-18(23)11-25-19(24)15-9-12(2)26-13(15)3/h5-9H,4,10-11H2,1-3H3,(H,20,23)(H,21,22). The fourth-order valence-electron chi connectivity index (χ4n) is 2.42. The lowest BCUT2D eigenvalue weighted by Gasteiger charge is -2.10.